The molecule has 0 saturated carbocycles. The smallest absolute Gasteiger partial charge is 0.337 e. The molecule has 1 aliphatic rings. The molecular formula is C31H33FN4O7. The van der Waals surface area contributed by atoms with Gasteiger partial charge >= 0.3 is 12.0 Å². The summed E-state index contributed by atoms with van der Waals surface area (Å²) in [6, 6.07) is 17.1. The number of aliphatic hydroxyl groups excluding tert-OH is 1. The molecular weight excluding hydrogens is 559 g/mol. The highest BCUT2D eigenvalue weighted by molar-refractivity contribution is 5.95. The molecule has 11 nitrogen and oxygen atoms in total. The zero-order valence-corrected chi connectivity index (χ0v) is 23.9. The number of aliphatic hydroxyl groups is 1. The first kappa shape index (κ1) is 30.8. The van der Waals surface area contributed by atoms with E-state index in [0.29, 0.717) is 35.1 Å². The number of urea groups is 1. The molecule has 1 aliphatic heterocycles. The minimum Gasteiger partial charge on any atom is -0.490 e. The molecule has 0 saturated heterocycles. The number of esters is 1. The van der Waals surface area contributed by atoms with E-state index in [1.807, 2.05) is 0 Å². The lowest BCUT2D eigenvalue weighted by Crippen LogP contribution is -2.45. The number of allylic oxidation sites excluding steroid dienone is 1. The molecule has 2 amide bonds. The van der Waals surface area contributed by atoms with Crippen LogP contribution in [-0.4, -0.2) is 49.9 Å². The van der Waals surface area contributed by atoms with Gasteiger partial charge in [0, 0.05) is 5.70 Å². The number of amides is 2. The number of halogens is 1. The van der Waals surface area contributed by atoms with Gasteiger partial charge in [-0.2, -0.15) is 5.10 Å². The quantitative estimate of drug-likeness (QED) is 0.101. The first-order valence-corrected chi connectivity index (χ1v) is 13.5. The maximum absolute atomic E-state index is 13.3. The second-order valence-electron chi connectivity index (χ2n) is 9.40. The third kappa shape index (κ3) is 8.46. The minimum atomic E-state index is -1.14. The van der Waals surface area contributed by atoms with E-state index >= 15 is 0 Å². The van der Waals surface area contributed by atoms with Gasteiger partial charge in [0.25, 0.3) is 0 Å². The largest absolute Gasteiger partial charge is 0.490 e. The third-order valence-electron chi connectivity index (χ3n) is 6.28. The van der Waals surface area contributed by atoms with Crippen LogP contribution in [0.3, 0.4) is 0 Å². The zero-order chi connectivity index (χ0) is 30.8. The van der Waals surface area contributed by atoms with Crippen molar-refractivity contribution in [3.63, 3.8) is 0 Å². The van der Waals surface area contributed by atoms with Crippen molar-refractivity contribution in [1.82, 2.24) is 16.1 Å². The second-order valence-corrected chi connectivity index (χ2v) is 9.40. The van der Waals surface area contributed by atoms with E-state index in [-0.39, 0.29) is 24.6 Å². The Morgan fingerprint density at radius 1 is 1.09 bits per heavy atom. The topological polar surface area (TPSA) is 140 Å². The molecule has 0 spiro atoms. The zero-order valence-electron chi connectivity index (χ0n) is 23.9. The van der Waals surface area contributed by atoms with Gasteiger partial charge in [-0.15, -0.1) is 0 Å². The SMILES string of the molecule is CCOc1cc([C@@H]2NC(=O)NC(C)=C2C(=O)OC)ccc1OC[C@@H](O)N/N=C\c1ccc(OCc2cccc(F)c2)cc1. The van der Waals surface area contributed by atoms with Gasteiger partial charge in [-0.3, -0.25) is 5.43 Å². The Morgan fingerprint density at radius 2 is 1.88 bits per heavy atom. The predicted molar refractivity (Wildman–Crippen MR) is 156 cm³/mol. The van der Waals surface area contributed by atoms with Crippen LogP contribution >= 0.6 is 0 Å². The van der Waals surface area contributed by atoms with Gasteiger partial charge in [0.2, 0.25) is 0 Å². The molecule has 12 heteroatoms. The summed E-state index contributed by atoms with van der Waals surface area (Å²) in [7, 11) is 1.27. The van der Waals surface area contributed by atoms with Crippen LogP contribution in [0, 0.1) is 5.82 Å². The van der Waals surface area contributed by atoms with Gasteiger partial charge in [-0.1, -0.05) is 18.2 Å². The molecule has 1 heterocycles. The van der Waals surface area contributed by atoms with Crippen LogP contribution in [0.25, 0.3) is 0 Å². The van der Waals surface area contributed by atoms with E-state index in [0.717, 1.165) is 11.1 Å². The summed E-state index contributed by atoms with van der Waals surface area (Å²) in [6.45, 7) is 3.85. The van der Waals surface area contributed by atoms with Gasteiger partial charge in [0.1, 0.15) is 24.8 Å². The number of carbonyl (C=O) groups is 2. The molecule has 2 atom stereocenters. The summed E-state index contributed by atoms with van der Waals surface area (Å²) in [5, 5.41) is 19.7. The van der Waals surface area contributed by atoms with Crippen molar-refractivity contribution in [3.8, 4) is 17.2 Å². The summed E-state index contributed by atoms with van der Waals surface area (Å²) >= 11 is 0. The highest BCUT2D eigenvalue weighted by Crippen LogP contribution is 2.35. The summed E-state index contributed by atoms with van der Waals surface area (Å²) in [5.41, 5.74) is 5.32. The monoisotopic (exact) mass is 592 g/mol. The van der Waals surface area contributed by atoms with Crippen molar-refractivity contribution in [3.05, 3.63) is 101 Å². The average Bonchev–Trinajstić information content (AvgIpc) is 2.99. The van der Waals surface area contributed by atoms with Crippen molar-refractivity contribution < 1.29 is 38.0 Å². The van der Waals surface area contributed by atoms with Crippen molar-refractivity contribution in [1.29, 1.82) is 0 Å². The Morgan fingerprint density at radius 3 is 2.60 bits per heavy atom. The number of benzene rings is 3. The Hall–Kier alpha value is -5.10. The molecule has 0 unspecified atom stereocenters. The Balaban J connectivity index is 1.32. The lowest BCUT2D eigenvalue weighted by Gasteiger charge is -2.28. The number of nitrogens with one attached hydrogen (secondary N) is 3. The molecule has 0 aromatic heterocycles. The number of rotatable bonds is 13. The van der Waals surface area contributed by atoms with Crippen LogP contribution in [0.5, 0.6) is 17.2 Å². The highest BCUT2D eigenvalue weighted by Gasteiger charge is 2.32. The lowest BCUT2D eigenvalue weighted by atomic mass is 9.95. The molecule has 43 heavy (non-hydrogen) atoms. The maximum Gasteiger partial charge on any atom is 0.337 e. The molecule has 3 aromatic rings. The highest BCUT2D eigenvalue weighted by atomic mass is 19.1. The fourth-order valence-electron chi connectivity index (χ4n) is 4.26. The lowest BCUT2D eigenvalue weighted by molar-refractivity contribution is -0.136. The maximum atomic E-state index is 13.3. The van der Waals surface area contributed by atoms with E-state index in [2.05, 4.69) is 21.2 Å². The normalized spacial score (nSPS) is 15.4. The Labute approximate surface area is 248 Å². The van der Waals surface area contributed by atoms with Gasteiger partial charge in [0.15, 0.2) is 17.7 Å². The van der Waals surface area contributed by atoms with Crippen LogP contribution in [0.2, 0.25) is 0 Å². The van der Waals surface area contributed by atoms with Crippen LogP contribution < -0.4 is 30.3 Å². The molecule has 3 aromatic carbocycles. The molecule has 4 rings (SSSR count). The van der Waals surface area contributed by atoms with Crippen molar-refractivity contribution in [2.75, 3.05) is 20.3 Å². The standard InChI is InChI=1S/C31H33FN4O7/c1-4-41-26-15-22(29-28(30(38)40-3)19(2)34-31(39)35-29)10-13-25(26)43-18-27(37)36-33-16-20-8-11-24(12-9-20)42-17-21-6-5-7-23(32)14-21/h5-16,27,29,36-37H,4,17-18H2,1-3H3,(H2,34,35,39)/b33-16-/t27-,29+/m1/s1. The van der Waals surface area contributed by atoms with Crippen LogP contribution in [0.4, 0.5) is 9.18 Å². The molecule has 226 valence electrons. The number of hydrazone groups is 1. The third-order valence-corrected chi connectivity index (χ3v) is 6.28. The summed E-state index contributed by atoms with van der Waals surface area (Å²) < 4.78 is 35.4. The molecule has 0 radical (unpaired) electrons. The van der Waals surface area contributed by atoms with Crippen LogP contribution in [0.1, 0.15) is 36.6 Å². The summed E-state index contributed by atoms with van der Waals surface area (Å²) in [5.74, 6) is 0.449. The fraction of sp³-hybridized carbons (Fsp3) is 0.258. The second kappa shape index (κ2) is 14.7. The van der Waals surface area contributed by atoms with Crippen LogP contribution in [-0.2, 0) is 16.1 Å². The van der Waals surface area contributed by atoms with E-state index < -0.39 is 24.3 Å². The number of methoxy groups -OCH3 is 1. The predicted octanol–water partition coefficient (Wildman–Crippen LogP) is 3.93. The van der Waals surface area contributed by atoms with Gasteiger partial charge in [-0.25, -0.2) is 14.0 Å². The van der Waals surface area contributed by atoms with Crippen molar-refractivity contribution in [2.45, 2.75) is 32.7 Å². The van der Waals surface area contributed by atoms with E-state index in [4.69, 9.17) is 18.9 Å². The number of carbonyl (C=O) groups excluding carboxylic acids is 2. The van der Waals surface area contributed by atoms with Crippen LogP contribution in [0.15, 0.2) is 83.1 Å². The van der Waals surface area contributed by atoms with E-state index in [9.17, 15) is 19.1 Å². The minimum absolute atomic E-state index is 0.153. The Bertz CT molecular complexity index is 1490. The fourth-order valence-corrected chi connectivity index (χ4v) is 4.26. The van der Waals surface area contributed by atoms with Gasteiger partial charge in [-0.05, 0) is 79.1 Å². The molecule has 4 N–H and O–H groups in total. The average molecular weight is 593 g/mol. The van der Waals surface area contributed by atoms with E-state index in [1.165, 1.54) is 25.5 Å². The van der Waals surface area contributed by atoms with Gasteiger partial charge in [0.05, 0.1) is 31.5 Å². The first-order chi connectivity index (χ1) is 20.8. The molecule has 0 bridgehead atoms. The van der Waals surface area contributed by atoms with E-state index in [1.54, 1.807) is 68.4 Å². The Kier molecular flexibility index (Phi) is 10.5. The van der Waals surface area contributed by atoms with Crippen molar-refractivity contribution in [2.24, 2.45) is 5.10 Å². The summed E-state index contributed by atoms with van der Waals surface area (Å²) in [6.07, 6.45) is 0.390. The van der Waals surface area contributed by atoms with Gasteiger partial charge < -0.3 is 34.7 Å². The van der Waals surface area contributed by atoms with Crippen molar-refractivity contribution >= 4 is 18.2 Å². The number of nitrogens with zero attached hydrogens (tertiary/aromatic N) is 1. The summed E-state index contributed by atoms with van der Waals surface area (Å²) in [4.78, 5) is 24.5. The molecule has 0 aliphatic carbocycles. The molecule has 0 fully saturated rings. The number of hydrogen-bond donors (Lipinski definition) is 4. The first-order valence-electron chi connectivity index (χ1n) is 13.5. The number of hydrogen-bond acceptors (Lipinski definition) is 9. The number of ether oxygens (including phenoxy) is 4.